The zero-order valence-corrected chi connectivity index (χ0v) is 22.1. The first-order valence-corrected chi connectivity index (χ1v) is 12.5. The maximum absolute atomic E-state index is 13.0. The average molecular weight is 517 g/mol. The fourth-order valence-corrected chi connectivity index (χ4v) is 4.37. The maximum atomic E-state index is 13.0. The van der Waals surface area contributed by atoms with Crippen LogP contribution < -0.4 is 26.0 Å². The summed E-state index contributed by atoms with van der Waals surface area (Å²) in [6, 6.07) is 7.03. The van der Waals surface area contributed by atoms with Crippen LogP contribution in [0, 0.1) is 5.92 Å². The van der Waals surface area contributed by atoms with Crippen LogP contribution in [-0.2, 0) is 9.59 Å². The van der Waals surface area contributed by atoms with Gasteiger partial charge in [0, 0.05) is 18.9 Å². The molecule has 0 saturated heterocycles. The van der Waals surface area contributed by atoms with Gasteiger partial charge in [-0.2, -0.15) is 0 Å². The Kier molecular flexibility index (Phi) is 7.53. The third kappa shape index (κ3) is 6.67. The minimum Gasteiger partial charge on any atom is -0.494 e. The van der Waals surface area contributed by atoms with Gasteiger partial charge in [-0.05, 0) is 30.2 Å². The number of thiazole rings is 1. The minimum absolute atomic E-state index is 0.0143. The molecule has 0 radical (unpaired) electrons. The molecule has 3 aromatic rings. The number of nitrogens with zero attached hydrogens (tertiary/aromatic N) is 3. The van der Waals surface area contributed by atoms with Crippen molar-refractivity contribution in [3.8, 4) is 16.3 Å². The Morgan fingerprint density at radius 1 is 1.11 bits per heavy atom. The van der Waals surface area contributed by atoms with Gasteiger partial charge in [0.2, 0.25) is 11.8 Å². The van der Waals surface area contributed by atoms with E-state index in [9.17, 15) is 14.4 Å². The molecule has 3 amide bonds. The number of rotatable bonds is 9. The van der Waals surface area contributed by atoms with Gasteiger partial charge in [0.1, 0.15) is 33.5 Å². The molecular formula is C22H26B3N7O4S. The van der Waals surface area contributed by atoms with Crippen molar-refractivity contribution in [3.05, 3.63) is 36.2 Å². The average Bonchev–Trinajstić information content (AvgIpc) is 3.57. The van der Waals surface area contributed by atoms with Gasteiger partial charge in [0.05, 0.1) is 30.2 Å². The highest BCUT2D eigenvalue weighted by atomic mass is 32.1. The molecule has 1 aliphatic rings. The Morgan fingerprint density at radius 3 is 2.51 bits per heavy atom. The Labute approximate surface area is 220 Å². The molecule has 0 bridgehead atoms. The lowest BCUT2D eigenvalue weighted by Gasteiger charge is -2.22. The molecule has 0 spiro atoms. The number of methoxy groups -OCH3 is 1. The van der Waals surface area contributed by atoms with Crippen molar-refractivity contribution in [3.63, 3.8) is 0 Å². The Bertz CT molecular complexity index is 1360. The minimum atomic E-state index is -0.497. The number of anilines is 4. The molecule has 4 rings (SSSR count). The third-order valence-corrected chi connectivity index (χ3v) is 6.17. The number of amides is 3. The molecule has 4 N–H and O–H groups in total. The summed E-state index contributed by atoms with van der Waals surface area (Å²) in [6.45, 7) is 1.43. The summed E-state index contributed by atoms with van der Waals surface area (Å²) in [5.41, 5.74) is 1.65. The monoisotopic (exact) mass is 517 g/mol. The lowest BCUT2D eigenvalue weighted by atomic mass is 9.49. The summed E-state index contributed by atoms with van der Waals surface area (Å²) in [4.78, 5) is 41.2. The van der Waals surface area contributed by atoms with Crippen molar-refractivity contribution in [1.82, 2.24) is 20.5 Å². The summed E-state index contributed by atoms with van der Waals surface area (Å²) < 4.78 is 5.72. The van der Waals surface area contributed by atoms with Crippen molar-refractivity contribution in [2.75, 3.05) is 23.1 Å². The molecule has 1 fully saturated rings. The van der Waals surface area contributed by atoms with Gasteiger partial charge < -0.3 is 26.0 Å². The normalized spacial score (nSPS) is 12.9. The largest absolute Gasteiger partial charge is 0.494 e. The molecule has 0 aliphatic heterocycles. The Balaban J connectivity index is 1.70. The van der Waals surface area contributed by atoms with Crippen LogP contribution in [0.5, 0.6) is 5.75 Å². The number of nitrogens with one attached hydrogen (secondary N) is 4. The Hall–Kier alpha value is -3.87. The summed E-state index contributed by atoms with van der Waals surface area (Å²) >= 11 is 1.31. The summed E-state index contributed by atoms with van der Waals surface area (Å²) in [7, 11) is 7.13. The third-order valence-electron chi connectivity index (χ3n) is 5.22. The van der Waals surface area contributed by atoms with Crippen LogP contribution in [0.1, 0.15) is 30.3 Å². The van der Waals surface area contributed by atoms with Crippen molar-refractivity contribution in [2.45, 2.75) is 25.0 Å². The van der Waals surface area contributed by atoms with Gasteiger partial charge in [-0.1, -0.05) is 17.4 Å². The molecule has 0 atom stereocenters. The number of hydrogen-bond acceptors (Lipinski definition) is 9. The van der Waals surface area contributed by atoms with E-state index in [1.165, 1.54) is 25.4 Å². The number of benzene rings is 1. The fourth-order valence-electron chi connectivity index (χ4n) is 3.49. The van der Waals surface area contributed by atoms with E-state index in [0.717, 1.165) is 12.8 Å². The van der Waals surface area contributed by atoms with Gasteiger partial charge in [-0.15, -0.1) is 10.2 Å². The maximum Gasteiger partial charge on any atom is 0.272 e. The van der Waals surface area contributed by atoms with Crippen LogP contribution in [0.4, 0.5) is 22.2 Å². The van der Waals surface area contributed by atoms with E-state index < -0.39 is 11.1 Å². The van der Waals surface area contributed by atoms with Crippen molar-refractivity contribution in [2.24, 2.45) is 5.92 Å². The molecule has 188 valence electrons. The molecule has 1 aromatic carbocycles. The van der Waals surface area contributed by atoms with Gasteiger partial charge in [-0.3, -0.25) is 14.4 Å². The van der Waals surface area contributed by atoms with E-state index in [1.807, 2.05) is 35.7 Å². The molecule has 37 heavy (non-hydrogen) atoms. The number of hydrogen-bond donors (Lipinski definition) is 4. The quantitative estimate of drug-likeness (QED) is 0.288. The Morgan fingerprint density at radius 2 is 1.86 bits per heavy atom. The van der Waals surface area contributed by atoms with Crippen LogP contribution >= 0.6 is 11.3 Å². The van der Waals surface area contributed by atoms with E-state index in [4.69, 9.17) is 4.74 Å². The lowest BCUT2D eigenvalue weighted by molar-refractivity contribution is -0.117. The second-order valence-electron chi connectivity index (χ2n) is 9.68. The van der Waals surface area contributed by atoms with E-state index in [-0.39, 0.29) is 29.2 Å². The highest BCUT2D eigenvalue weighted by molar-refractivity contribution is 7.19. The van der Waals surface area contributed by atoms with Crippen LogP contribution in [0.25, 0.3) is 10.6 Å². The molecule has 2 heterocycles. The zero-order chi connectivity index (χ0) is 26.7. The molecule has 0 unspecified atom stereocenters. The predicted octanol–water partition coefficient (Wildman–Crippen LogP) is -0.100. The SMILES string of the molecule is BC(B)(B)NC(=O)c1nnc(NC(=O)C2CC2)cc1Nc1cccc(-c2ncc(NC(C)=O)s2)c1OC. The first kappa shape index (κ1) is 26.2. The van der Waals surface area contributed by atoms with E-state index in [2.05, 4.69) is 36.4 Å². The van der Waals surface area contributed by atoms with E-state index in [1.54, 1.807) is 18.3 Å². The summed E-state index contributed by atoms with van der Waals surface area (Å²) in [5.74, 6) is -0.0218. The van der Waals surface area contributed by atoms with E-state index >= 15 is 0 Å². The highest BCUT2D eigenvalue weighted by Crippen LogP contribution is 2.41. The molecule has 1 saturated carbocycles. The number of carbonyl (C=O) groups is 3. The topological polar surface area (TPSA) is 147 Å². The molecular weight excluding hydrogens is 491 g/mol. The first-order valence-electron chi connectivity index (χ1n) is 11.7. The van der Waals surface area contributed by atoms with Gasteiger partial charge >= 0.3 is 0 Å². The second-order valence-corrected chi connectivity index (χ2v) is 10.7. The summed E-state index contributed by atoms with van der Waals surface area (Å²) in [5, 5.41) is 20.6. The number of ether oxygens (including phenoxy) is 1. The smallest absolute Gasteiger partial charge is 0.272 e. The summed E-state index contributed by atoms with van der Waals surface area (Å²) in [6.07, 6.45) is 3.28. The van der Waals surface area contributed by atoms with Crippen LogP contribution in [-0.4, -0.2) is 68.8 Å². The van der Waals surface area contributed by atoms with Crippen LogP contribution in [0.15, 0.2) is 30.5 Å². The highest BCUT2D eigenvalue weighted by Gasteiger charge is 2.30. The first-order chi connectivity index (χ1) is 17.5. The molecule has 11 nitrogen and oxygen atoms in total. The van der Waals surface area contributed by atoms with Crippen LogP contribution in [0.2, 0.25) is 0 Å². The second kappa shape index (κ2) is 10.6. The van der Waals surface area contributed by atoms with Crippen LogP contribution in [0.3, 0.4) is 0 Å². The number of aromatic nitrogens is 3. The van der Waals surface area contributed by atoms with Gasteiger partial charge in [0.25, 0.3) is 5.91 Å². The molecule has 1 aliphatic carbocycles. The molecule has 15 heteroatoms. The number of para-hydroxylation sites is 1. The fraction of sp³-hybridized carbons (Fsp3) is 0.273. The standard InChI is InChI=1S/C22H26B3N7O4S/c1-10(33)27-16-9-26-21(37-16)12-4-3-5-13(18(12)36-2)28-14-8-15(29-19(34)11-6-7-11)31-32-17(14)20(35)30-22(23,24)25/h3-5,8-9,11H,6-7,23-25H2,1-2H3,(H,27,33)(H,30,35)(H2,28,29,31,34). The van der Waals surface area contributed by atoms with Gasteiger partial charge in [-0.25, -0.2) is 4.98 Å². The van der Waals surface area contributed by atoms with Gasteiger partial charge in [0.15, 0.2) is 17.3 Å². The zero-order valence-electron chi connectivity index (χ0n) is 21.3. The number of carbonyl (C=O) groups excluding carboxylic acids is 3. The molecule has 2 aromatic heterocycles. The van der Waals surface area contributed by atoms with E-state index in [0.29, 0.717) is 32.7 Å². The van der Waals surface area contributed by atoms with Crippen molar-refractivity contribution < 1.29 is 19.1 Å². The van der Waals surface area contributed by atoms with Crippen molar-refractivity contribution >= 4 is 74.8 Å². The lowest BCUT2D eigenvalue weighted by Crippen LogP contribution is -2.50. The predicted molar refractivity (Wildman–Crippen MR) is 151 cm³/mol. The van der Waals surface area contributed by atoms with Crippen molar-refractivity contribution in [1.29, 1.82) is 0 Å².